The van der Waals surface area contributed by atoms with E-state index in [1.54, 1.807) is 6.92 Å². The molecule has 1 rings (SSSR count). The van der Waals surface area contributed by atoms with Crippen molar-refractivity contribution in [1.29, 1.82) is 0 Å². The molecule has 14 heavy (non-hydrogen) atoms. The number of aliphatic hydroxyl groups is 1. The first-order chi connectivity index (χ1) is 6.65. The van der Waals surface area contributed by atoms with Gasteiger partial charge < -0.3 is 10.4 Å². The van der Waals surface area contributed by atoms with Gasteiger partial charge in [0.1, 0.15) is 0 Å². The van der Waals surface area contributed by atoms with Gasteiger partial charge >= 0.3 is 0 Å². The number of hydrogen-bond acceptors (Lipinski definition) is 2. The van der Waals surface area contributed by atoms with Gasteiger partial charge in [0.15, 0.2) is 0 Å². The van der Waals surface area contributed by atoms with Crippen LogP contribution in [-0.2, 0) is 4.79 Å². The predicted molar refractivity (Wildman–Crippen MR) is 56.3 cm³/mol. The molecule has 1 fully saturated rings. The SMILES string of the molecule is CC(CCl)C(=O)N[C@H]1CCCC[C@@H]1O. The van der Waals surface area contributed by atoms with Gasteiger partial charge in [-0.1, -0.05) is 19.8 Å². The maximum atomic E-state index is 11.5. The van der Waals surface area contributed by atoms with Crippen LogP contribution in [0.1, 0.15) is 32.6 Å². The van der Waals surface area contributed by atoms with Gasteiger partial charge in [-0.15, -0.1) is 11.6 Å². The lowest BCUT2D eigenvalue weighted by Crippen LogP contribution is -2.47. The third kappa shape index (κ3) is 3.14. The van der Waals surface area contributed by atoms with Gasteiger partial charge in [-0.05, 0) is 12.8 Å². The second kappa shape index (κ2) is 5.56. The van der Waals surface area contributed by atoms with Crippen molar-refractivity contribution in [2.24, 2.45) is 5.92 Å². The summed E-state index contributed by atoms with van der Waals surface area (Å²) >= 11 is 5.58. The molecule has 0 spiro atoms. The molecule has 2 N–H and O–H groups in total. The maximum absolute atomic E-state index is 11.5. The summed E-state index contributed by atoms with van der Waals surface area (Å²) in [6.45, 7) is 1.79. The van der Waals surface area contributed by atoms with Gasteiger partial charge in [0.2, 0.25) is 5.91 Å². The van der Waals surface area contributed by atoms with Crippen LogP contribution in [0.25, 0.3) is 0 Å². The van der Waals surface area contributed by atoms with E-state index in [4.69, 9.17) is 11.6 Å². The van der Waals surface area contributed by atoms with Crippen LogP contribution in [-0.4, -0.2) is 29.0 Å². The number of alkyl halides is 1. The van der Waals surface area contributed by atoms with Crippen LogP contribution in [0.15, 0.2) is 0 Å². The molecule has 0 aromatic carbocycles. The molecular weight excluding hydrogens is 202 g/mol. The van der Waals surface area contributed by atoms with Crippen molar-refractivity contribution >= 4 is 17.5 Å². The van der Waals surface area contributed by atoms with Crippen molar-refractivity contribution in [2.75, 3.05) is 5.88 Å². The molecule has 4 heteroatoms. The Morgan fingerprint density at radius 1 is 1.57 bits per heavy atom. The van der Waals surface area contributed by atoms with E-state index in [1.807, 2.05) is 0 Å². The Labute approximate surface area is 89.8 Å². The molecule has 0 bridgehead atoms. The number of aliphatic hydroxyl groups excluding tert-OH is 1. The first-order valence-corrected chi connectivity index (χ1v) is 5.73. The van der Waals surface area contributed by atoms with Crippen molar-refractivity contribution in [1.82, 2.24) is 5.32 Å². The van der Waals surface area contributed by atoms with Gasteiger partial charge in [-0.3, -0.25) is 4.79 Å². The van der Waals surface area contributed by atoms with Gasteiger partial charge in [0, 0.05) is 11.8 Å². The van der Waals surface area contributed by atoms with E-state index in [0.29, 0.717) is 5.88 Å². The van der Waals surface area contributed by atoms with Crippen molar-refractivity contribution in [3.8, 4) is 0 Å². The largest absolute Gasteiger partial charge is 0.391 e. The van der Waals surface area contributed by atoms with Crippen LogP contribution in [0.5, 0.6) is 0 Å². The second-order valence-electron chi connectivity index (χ2n) is 4.02. The van der Waals surface area contributed by atoms with Crippen LogP contribution >= 0.6 is 11.6 Å². The second-order valence-corrected chi connectivity index (χ2v) is 4.33. The quantitative estimate of drug-likeness (QED) is 0.703. The summed E-state index contributed by atoms with van der Waals surface area (Å²) in [5.74, 6) is 0.103. The number of halogens is 1. The van der Waals surface area contributed by atoms with E-state index < -0.39 is 0 Å². The minimum Gasteiger partial charge on any atom is -0.391 e. The van der Waals surface area contributed by atoms with Gasteiger partial charge in [-0.25, -0.2) is 0 Å². The topological polar surface area (TPSA) is 49.3 Å². The molecule has 1 amide bonds. The molecule has 0 aromatic heterocycles. The van der Waals surface area contributed by atoms with Crippen molar-refractivity contribution < 1.29 is 9.90 Å². The monoisotopic (exact) mass is 219 g/mol. The van der Waals surface area contributed by atoms with Crippen LogP contribution in [0.3, 0.4) is 0 Å². The molecule has 1 aliphatic rings. The fourth-order valence-corrected chi connectivity index (χ4v) is 1.81. The van der Waals surface area contributed by atoms with Gasteiger partial charge in [0.05, 0.1) is 12.1 Å². The Morgan fingerprint density at radius 2 is 2.21 bits per heavy atom. The molecule has 0 heterocycles. The Balaban J connectivity index is 2.38. The van der Waals surface area contributed by atoms with Crippen molar-refractivity contribution in [3.05, 3.63) is 0 Å². The zero-order valence-electron chi connectivity index (χ0n) is 8.50. The van der Waals surface area contributed by atoms with Gasteiger partial charge in [0.25, 0.3) is 0 Å². The summed E-state index contributed by atoms with van der Waals surface area (Å²) in [7, 11) is 0. The molecule has 0 radical (unpaired) electrons. The van der Waals surface area contributed by atoms with Crippen LogP contribution in [0.2, 0.25) is 0 Å². The maximum Gasteiger partial charge on any atom is 0.224 e. The molecule has 82 valence electrons. The lowest BCUT2D eigenvalue weighted by molar-refractivity contribution is -0.125. The summed E-state index contributed by atoms with van der Waals surface area (Å²) < 4.78 is 0. The van der Waals surface area contributed by atoms with E-state index in [2.05, 4.69) is 5.32 Å². The van der Waals surface area contributed by atoms with Crippen LogP contribution in [0, 0.1) is 5.92 Å². The zero-order valence-corrected chi connectivity index (χ0v) is 9.26. The summed E-state index contributed by atoms with van der Waals surface area (Å²) in [5.41, 5.74) is 0. The van der Waals surface area contributed by atoms with E-state index in [0.717, 1.165) is 25.7 Å². The highest BCUT2D eigenvalue weighted by Crippen LogP contribution is 2.18. The average molecular weight is 220 g/mol. The smallest absolute Gasteiger partial charge is 0.224 e. The Hall–Kier alpha value is -0.280. The first-order valence-electron chi connectivity index (χ1n) is 5.19. The predicted octanol–water partition coefficient (Wildman–Crippen LogP) is 1.28. The molecular formula is C10H18ClNO2. The highest BCUT2D eigenvalue weighted by Gasteiger charge is 2.25. The van der Waals surface area contributed by atoms with Crippen LogP contribution in [0.4, 0.5) is 0 Å². The number of carbonyl (C=O) groups excluding carboxylic acids is 1. The number of rotatable bonds is 3. The molecule has 1 unspecified atom stereocenters. The summed E-state index contributed by atoms with van der Waals surface area (Å²) in [6, 6.07) is -0.0677. The Kier molecular flexibility index (Phi) is 4.69. The fraction of sp³-hybridized carbons (Fsp3) is 0.900. The Morgan fingerprint density at radius 3 is 2.79 bits per heavy atom. The first kappa shape index (κ1) is 11.8. The number of hydrogen-bond donors (Lipinski definition) is 2. The van der Waals surface area contributed by atoms with E-state index in [-0.39, 0.29) is 24.0 Å². The van der Waals surface area contributed by atoms with Crippen molar-refractivity contribution in [3.63, 3.8) is 0 Å². The summed E-state index contributed by atoms with van der Waals surface area (Å²) in [4.78, 5) is 11.5. The molecule has 0 aromatic rings. The minimum atomic E-state index is -0.379. The summed E-state index contributed by atoms with van der Waals surface area (Å²) in [5, 5.41) is 12.5. The number of amides is 1. The van der Waals surface area contributed by atoms with Crippen LogP contribution < -0.4 is 5.32 Å². The highest BCUT2D eigenvalue weighted by molar-refractivity contribution is 6.19. The van der Waals surface area contributed by atoms with E-state index in [1.165, 1.54) is 0 Å². The molecule has 1 aliphatic carbocycles. The molecule has 0 aliphatic heterocycles. The standard InChI is InChI=1S/C10H18ClNO2/c1-7(6-11)10(14)12-8-4-2-3-5-9(8)13/h7-9,13H,2-6H2,1H3,(H,12,14)/t7?,8-,9-/m0/s1. The number of carbonyl (C=O) groups is 1. The molecule has 3 atom stereocenters. The third-order valence-corrected chi connectivity index (χ3v) is 3.20. The average Bonchev–Trinajstić information content (AvgIpc) is 2.20. The number of nitrogens with one attached hydrogen (secondary N) is 1. The third-order valence-electron chi connectivity index (χ3n) is 2.74. The molecule has 3 nitrogen and oxygen atoms in total. The normalized spacial score (nSPS) is 29.6. The lowest BCUT2D eigenvalue weighted by Gasteiger charge is -2.29. The summed E-state index contributed by atoms with van der Waals surface area (Å²) in [6.07, 6.45) is 3.42. The fourth-order valence-electron chi connectivity index (χ4n) is 1.67. The molecule has 0 saturated heterocycles. The zero-order chi connectivity index (χ0) is 10.6. The minimum absolute atomic E-state index is 0.0500. The highest BCUT2D eigenvalue weighted by atomic mass is 35.5. The van der Waals surface area contributed by atoms with E-state index >= 15 is 0 Å². The van der Waals surface area contributed by atoms with Gasteiger partial charge in [-0.2, -0.15) is 0 Å². The Bertz CT molecular complexity index is 199. The van der Waals surface area contributed by atoms with E-state index in [9.17, 15) is 9.90 Å². The lowest BCUT2D eigenvalue weighted by atomic mass is 9.92. The molecule has 1 saturated carbocycles. The van der Waals surface area contributed by atoms with Crippen molar-refractivity contribution in [2.45, 2.75) is 44.8 Å².